The summed E-state index contributed by atoms with van der Waals surface area (Å²) in [6, 6.07) is 9.78. The quantitative estimate of drug-likeness (QED) is 0.746. The molecule has 2 N–H and O–H groups in total. The molecule has 1 aromatic rings. The summed E-state index contributed by atoms with van der Waals surface area (Å²) in [6.45, 7) is 3.37. The van der Waals surface area contributed by atoms with Crippen LogP contribution < -0.4 is 10.2 Å². The maximum atomic E-state index is 10.9. The summed E-state index contributed by atoms with van der Waals surface area (Å²) in [5, 5.41) is 11.4. The third-order valence-electron chi connectivity index (χ3n) is 2.70. The molecule has 5 nitrogen and oxygen atoms in total. The lowest BCUT2D eigenvalue weighted by atomic mass is 10.2. The second-order valence-corrected chi connectivity index (χ2v) is 4.30. The van der Waals surface area contributed by atoms with Gasteiger partial charge in [-0.2, -0.15) is 0 Å². The van der Waals surface area contributed by atoms with Crippen molar-refractivity contribution in [2.45, 2.75) is 19.8 Å². The molecular formula is C14H20N2O3. The molecule has 1 amide bonds. The number of rotatable bonds is 8. The number of nitrogens with zero attached hydrogens (tertiary/aromatic N) is 1. The van der Waals surface area contributed by atoms with E-state index in [1.165, 1.54) is 6.92 Å². The molecule has 5 heteroatoms. The van der Waals surface area contributed by atoms with Crippen molar-refractivity contribution in [3.05, 3.63) is 30.3 Å². The Morgan fingerprint density at radius 2 is 1.89 bits per heavy atom. The van der Waals surface area contributed by atoms with Crippen molar-refractivity contribution in [2.75, 3.05) is 24.5 Å². The SMILES string of the molecule is CC(=O)NCCN(CCCC(=O)O)c1ccccc1. The van der Waals surface area contributed by atoms with Gasteiger partial charge in [0, 0.05) is 38.7 Å². The molecule has 0 atom stereocenters. The number of nitrogens with one attached hydrogen (secondary N) is 1. The topological polar surface area (TPSA) is 69.6 Å². The van der Waals surface area contributed by atoms with Gasteiger partial charge in [-0.25, -0.2) is 0 Å². The van der Waals surface area contributed by atoms with Crippen molar-refractivity contribution >= 4 is 17.6 Å². The first kappa shape index (κ1) is 15.0. The van der Waals surface area contributed by atoms with Crippen molar-refractivity contribution in [3.63, 3.8) is 0 Å². The second-order valence-electron chi connectivity index (χ2n) is 4.30. The fourth-order valence-electron chi connectivity index (χ4n) is 1.80. The van der Waals surface area contributed by atoms with Crippen LogP contribution in [0.1, 0.15) is 19.8 Å². The van der Waals surface area contributed by atoms with Gasteiger partial charge in [-0.15, -0.1) is 0 Å². The van der Waals surface area contributed by atoms with Crippen molar-refractivity contribution in [3.8, 4) is 0 Å². The monoisotopic (exact) mass is 264 g/mol. The van der Waals surface area contributed by atoms with Crippen LogP contribution in [0, 0.1) is 0 Å². The van der Waals surface area contributed by atoms with E-state index >= 15 is 0 Å². The van der Waals surface area contributed by atoms with Crippen molar-refractivity contribution in [1.82, 2.24) is 5.32 Å². The van der Waals surface area contributed by atoms with Crippen LogP contribution in [0.3, 0.4) is 0 Å². The van der Waals surface area contributed by atoms with Crippen LogP contribution in [-0.4, -0.2) is 36.6 Å². The lowest BCUT2D eigenvalue weighted by Crippen LogP contribution is -2.34. The lowest BCUT2D eigenvalue weighted by Gasteiger charge is -2.24. The zero-order chi connectivity index (χ0) is 14.1. The molecular weight excluding hydrogens is 244 g/mol. The highest BCUT2D eigenvalue weighted by atomic mass is 16.4. The minimum atomic E-state index is -0.783. The van der Waals surface area contributed by atoms with Crippen molar-refractivity contribution < 1.29 is 14.7 Å². The Labute approximate surface area is 113 Å². The summed E-state index contributed by atoms with van der Waals surface area (Å²) in [5.41, 5.74) is 1.04. The Kier molecular flexibility index (Phi) is 6.43. The molecule has 1 aromatic carbocycles. The van der Waals surface area contributed by atoms with E-state index in [1.807, 2.05) is 30.3 Å². The smallest absolute Gasteiger partial charge is 0.303 e. The number of hydrogen-bond acceptors (Lipinski definition) is 3. The number of hydrogen-bond donors (Lipinski definition) is 2. The van der Waals surface area contributed by atoms with Gasteiger partial charge in [0.1, 0.15) is 0 Å². The summed E-state index contributed by atoms with van der Waals surface area (Å²) in [4.78, 5) is 23.5. The fourth-order valence-corrected chi connectivity index (χ4v) is 1.80. The molecule has 1 rings (SSSR count). The van der Waals surface area contributed by atoms with Gasteiger partial charge in [-0.3, -0.25) is 9.59 Å². The Bertz CT molecular complexity index is 386. The van der Waals surface area contributed by atoms with Crippen molar-refractivity contribution in [1.29, 1.82) is 0 Å². The molecule has 104 valence electrons. The number of carboxylic acids is 1. The van der Waals surface area contributed by atoms with Gasteiger partial charge in [0.15, 0.2) is 0 Å². The molecule has 19 heavy (non-hydrogen) atoms. The summed E-state index contributed by atoms with van der Waals surface area (Å²) in [7, 11) is 0. The Balaban J connectivity index is 2.52. The predicted molar refractivity (Wildman–Crippen MR) is 74.2 cm³/mol. The Hall–Kier alpha value is -2.04. The molecule has 0 aliphatic rings. The molecule has 0 heterocycles. The third kappa shape index (κ3) is 6.45. The second kappa shape index (κ2) is 8.13. The normalized spacial score (nSPS) is 9.95. The molecule has 0 saturated heterocycles. The van der Waals surface area contributed by atoms with E-state index in [0.29, 0.717) is 26.1 Å². The van der Waals surface area contributed by atoms with Crippen LogP contribution in [0.4, 0.5) is 5.69 Å². The number of benzene rings is 1. The standard InChI is InChI=1S/C14H20N2O3/c1-12(17)15-9-11-16(10-5-8-14(18)19)13-6-3-2-4-7-13/h2-4,6-7H,5,8-11H2,1H3,(H,15,17)(H,18,19). The van der Waals surface area contributed by atoms with E-state index in [-0.39, 0.29) is 12.3 Å². The van der Waals surface area contributed by atoms with Gasteiger partial charge >= 0.3 is 5.97 Å². The molecule has 0 aliphatic carbocycles. The van der Waals surface area contributed by atoms with Crippen molar-refractivity contribution in [2.24, 2.45) is 0 Å². The van der Waals surface area contributed by atoms with Gasteiger partial charge in [0.25, 0.3) is 0 Å². The highest BCUT2D eigenvalue weighted by Crippen LogP contribution is 2.13. The highest BCUT2D eigenvalue weighted by molar-refractivity contribution is 5.72. The maximum Gasteiger partial charge on any atom is 0.303 e. The van der Waals surface area contributed by atoms with E-state index in [0.717, 1.165) is 5.69 Å². The molecule has 0 unspecified atom stereocenters. The van der Waals surface area contributed by atoms with Crippen LogP contribution in [0.2, 0.25) is 0 Å². The van der Waals surface area contributed by atoms with Gasteiger partial charge in [0.2, 0.25) is 5.91 Å². The minimum absolute atomic E-state index is 0.0569. The molecule has 0 spiro atoms. The number of carbonyl (C=O) groups is 2. The molecule has 0 radical (unpaired) electrons. The van der Waals surface area contributed by atoms with E-state index in [4.69, 9.17) is 5.11 Å². The molecule has 0 fully saturated rings. The third-order valence-corrected chi connectivity index (χ3v) is 2.70. The number of anilines is 1. The number of carbonyl (C=O) groups excluding carboxylic acids is 1. The minimum Gasteiger partial charge on any atom is -0.481 e. The van der Waals surface area contributed by atoms with Gasteiger partial charge in [0.05, 0.1) is 0 Å². The highest BCUT2D eigenvalue weighted by Gasteiger charge is 2.07. The first-order chi connectivity index (χ1) is 9.09. The number of carboxylic acid groups (broad SMARTS) is 1. The number of para-hydroxylation sites is 1. The van der Waals surface area contributed by atoms with Crippen LogP contribution >= 0.6 is 0 Å². The predicted octanol–water partition coefficient (Wildman–Crippen LogP) is 1.49. The van der Waals surface area contributed by atoms with E-state index in [1.54, 1.807) is 0 Å². The van der Waals surface area contributed by atoms with Crippen LogP contribution in [0.25, 0.3) is 0 Å². The zero-order valence-corrected chi connectivity index (χ0v) is 11.1. The van der Waals surface area contributed by atoms with Gasteiger partial charge < -0.3 is 15.3 Å². The Morgan fingerprint density at radius 1 is 1.21 bits per heavy atom. The van der Waals surface area contributed by atoms with E-state index in [9.17, 15) is 9.59 Å². The average molecular weight is 264 g/mol. The summed E-state index contributed by atoms with van der Waals surface area (Å²) < 4.78 is 0. The van der Waals surface area contributed by atoms with Crippen LogP contribution in [-0.2, 0) is 9.59 Å². The summed E-state index contributed by atoms with van der Waals surface area (Å²) >= 11 is 0. The number of aliphatic carboxylic acids is 1. The molecule has 0 aromatic heterocycles. The lowest BCUT2D eigenvalue weighted by molar-refractivity contribution is -0.137. The number of amides is 1. The molecule has 0 aliphatic heterocycles. The molecule has 0 bridgehead atoms. The van der Waals surface area contributed by atoms with E-state index in [2.05, 4.69) is 10.2 Å². The summed E-state index contributed by atoms with van der Waals surface area (Å²) in [6.07, 6.45) is 0.744. The Morgan fingerprint density at radius 3 is 2.47 bits per heavy atom. The fraction of sp³-hybridized carbons (Fsp3) is 0.429. The van der Waals surface area contributed by atoms with Gasteiger partial charge in [-0.05, 0) is 18.6 Å². The zero-order valence-electron chi connectivity index (χ0n) is 11.1. The first-order valence-corrected chi connectivity index (χ1v) is 6.36. The first-order valence-electron chi connectivity index (χ1n) is 6.36. The largest absolute Gasteiger partial charge is 0.481 e. The van der Waals surface area contributed by atoms with Gasteiger partial charge in [-0.1, -0.05) is 18.2 Å². The average Bonchev–Trinajstić information content (AvgIpc) is 2.37. The van der Waals surface area contributed by atoms with Crippen LogP contribution in [0.5, 0.6) is 0 Å². The molecule has 0 saturated carbocycles. The van der Waals surface area contributed by atoms with Crippen LogP contribution in [0.15, 0.2) is 30.3 Å². The summed E-state index contributed by atoms with van der Waals surface area (Å²) in [5.74, 6) is -0.839. The maximum absolute atomic E-state index is 10.9. The van der Waals surface area contributed by atoms with E-state index < -0.39 is 5.97 Å².